The second-order valence-electron chi connectivity index (χ2n) is 4.61. The first kappa shape index (κ1) is 15.3. The molecule has 4 nitrogen and oxygen atoms in total. The average Bonchev–Trinajstić information content (AvgIpc) is 2.41. The van der Waals surface area contributed by atoms with Crippen LogP contribution < -0.4 is 10.0 Å². The number of para-hydroxylation sites is 1. The third-order valence-corrected chi connectivity index (χ3v) is 5.31. The highest BCUT2D eigenvalue weighted by Crippen LogP contribution is 2.30. The quantitative estimate of drug-likeness (QED) is 0.883. The first-order valence-corrected chi connectivity index (χ1v) is 7.96. The predicted octanol–water partition coefficient (Wildman–Crippen LogP) is 2.93. The average molecular weight is 308 g/mol. The lowest BCUT2D eigenvalue weighted by molar-refractivity contribution is 0.586. The van der Waals surface area contributed by atoms with Crippen molar-refractivity contribution in [3.8, 4) is 0 Å². The zero-order valence-electron chi connectivity index (χ0n) is 11.9. The first-order chi connectivity index (χ1) is 9.89. The van der Waals surface area contributed by atoms with Crippen LogP contribution >= 0.6 is 0 Å². The summed E-state index contributed by atoms with van der Waals surface area (Å²) < 4.78 is 40.6. The number of hydrogen-bond acceptors (Lipinski definition) is 3. The van der Waals surface area contributed by atoms with Crippen LogP contribution in [-0.4, -0.2) is 15.0 Å². The summed E-state index contributed by atoms with van der Waals surface area (Å²) in [4.78, 5) is 0.0232. The van der Waals surface area contributed by atoms with E-state index in [9.17, 15) is 12.8 Å². The zero-order valence-corrected chi connectivity index (χ0v) is 12.7. The number of aryl methyl sites for hydroxylation is 1. The number of rotatable bonds is 4. The number of benzene rings is 2. The Labute approximate surface area is 124 Å². The molecule has 0 radical (unpaired) electrons. The first-order valence-electron chi connectivity index (χ1n) is 6.52. The van der Waals surface area contributed by atoms with Crippen molar-refractivity contribution in [1.29, 1.82) is 0 Å². The Kier molecular flexibility index (Phi) is 4.18. The van der Waals surface area contributed by atoms with Crippen molar-refractivity contribution in [1.82, 2.24) is 0 Å². The van der Waals surface area contributed by atoms with E-state index in [4.69, 9.17) is 5.73 Å². The second-order valence-corrected chi connectivity index (χ2v) is 6.41. The molecule has 2 aromatic carbocycles. The van der Waals surface area contributed by atoms with Crippen LogP contribution in [0.25, 0.3) is 0 Å². The summed E-state index contributed by atoms with van der Waals surface area (Å²) in [6.45, 7) is 3.42. The van der Waals surface area contributed by atoms with Gasteiger partial charge in [-0.25, -0.2) is 12.8 Å². The lowest BCUT2D eigenvalue weighted by Crippen LogP contribution is -2.32. The molecule has 0 saturated heterocycles. The van der Waals surface area contributed by atoms with Gasteiger partial charge >= 0.3 is 0 Å². The topological polar surface area (TPSA) is 63.4 Å². The molecule has 21 heavy (non-hydrogen) atoms. The molecule has 0 atom stereocenters. The largest absolute Gasteiger partial charge is 0.398 e. The number of nitrogen functional groups attached to an aromatic ring is 1. The SMILES string of the molecule is CCN(c1ccccc1F)S(=O)(=O)c1c(C)cccc1N. The van der Waals surface area contributed by atoms with Crippen molar-refractivity contribution in [3.63, 3.8) is 0 Å². The van der Waals surface area contributed by atoms with Gasteiger partial charge in [-0.05, 0) is 37.6 Å². The maximum atomic E-state index is 13.9. The Hall–Kier alpha value is -2.08. The van der Waals surface area contributed by atoms with Crippen molar-refractivity contribution in [3.05, 3.63) is 53.8 Å². The van der Waals surface area contributed by atoms with Gasteiger partial charge < -0.3 is 5.73 Å². The molecule has 0 aliphatic heterocycles. The molecule has 0 aliphatic carbocycles. The van der Waals surface area contributed by atoms with Gasteiger partial charge in [-0.2, -0.15) is 0 Å². The molecule has 0 unspecified atom stereocenters. The van der Waals surface area contributed by atoms with Gasteiger partial charge in [0.15, 0.2) is 0 Å². The summed E-state index contributed by atoms with van der Waals surface area (Å²) in [7, 11) is -3.92. The minimum absolute atomic E-state index is 0.0163. The zero-order chi connectivity index (χ0) is 15.6. The fraction of sp³-hybridized carbons (Fsp3) is 0.200. The Morgan fingerprint density at radius 3 is 2.38 bits per heavy atom. The highest BCUT2D eigenvalue weighted by atomic mass is 32.2. The Balaban J connectivity index is 2.64. The van der Waals surface area contributed by atoms with Crippen LogP contribution in [0.4, 0.5) is 15.8 Å². The molecule has 0 aromatic heterocycles. The van der Waals surface area contributed by atoms with Gasteiger partial charge in [-0.1, -0.05) is 24.3 Å². The van der Waals surface area contributed by atoms with E-state index in [1.807, 2.05) is 0 Å². The summed E-state index contributed by atoms with van der Waals surface area (Å²) in [5.74, 6) is -0.588. The molecule has 0 bridgehead atoms. The molecule has 0 saturated carbocycles. The van der Waals surface area contributed by atoms with E-state index in [0.717, 1.165) is 4.31 Å². The number of nitrogens with two attached hydrogens (primary N) is 1. The molecule has 0 spiro atoms. The van der Waals surface area contributed by atoms with E-state index in [-0.39, 0.29) is 22.8 Å². The third kappa shape index (κ3) is 2.71. The molecule has 0 fully saturated rings. The Bertz CT molecular complexity index is 740. The van der Waals surface area contributed by atoms with Crippen LogP contribution in [0, 0.1) is 12.7 Å². The number of halogens is 1. The van der Waals surface area contributed by atoms with E-state index in [2.05, 4.69) is 0 Å². The Morgan fingerprint density at radius 1 is 1.14 bits per heavy atom. The maximum Gasteiger partial charge on any atom is 0.266 e. The van der Waals surface area contributed by atoms with Gasteiger partial charge in [0.25, 0.3) is 10.0 Å². The molecular formula is C15H17FN2O2S. The molecule has 2 aromatic rings. The lowest BCUT2D eigenvalue weighted by Gasteiger charge is -2.24. The summed E-state index contributed by atoms with van der Waals surface area (Å²) in [6, 6.07) is 10.6. The van der Waals surface area contributed by atoms with Crippen LogP contribution in [-0.2, 0) is 10.0 Å². The van der Waals surface area contributed by atoms with Crippen LogP contribution in [0.1, 0.15) is 12.5 Å². The van der Waals surface area contributed by atoms with Gasteiger partial charge in [0.1, 0.15) is 10.7 Å². The maximum absolute atomic E-state index is 13.9. The fourth-order valence-electron chi connectivity index (χ4n) is 2.26. The van der Waals surface area contributed by atoms with E-state index in [1.165, 1.54) is 24.3 Å². The van der Waals surface area contributed by atoms with Crippen LogP contribution in [0.5, 0.6) is 0 Å². The van der Waals surface area contributed by atoms with Gasteiger partial charge in [0, 0.05) is 6.54 Å². The highest BCUT2D eigenvalue weighted by molar-refractivity contribution is 7.93. The summed E-state index contributed by atoms with van der Waals surface area (Å²) in [6.07, 6.45) is 0. The fourth-order valence-corrected chi connectivity index (χ4v) is 4.07. The number of anilines is 2. The van der Waals surface area contributed by atoms with Crippen molar-refractivity contribution in [2.75, 3.05) is 16.6 Å². The summed E-state index contributed by atoms with van der Waals surface area (Å²) in [5, 5.41) is 0. The van der Waals surface area contributed by atoms with Crippen molar-refractivity contribution in [2.45, 2.75) is 18.7 Å². The van der Waals surface area contributed by atoms with Gasteiger partial charge in [0.05, 0.1) is 11.4 Å². The van der Waals surface area contributed by atoms with E-state index >= 15 is 0 Å². The van der Waals surface area contributed by atoms with Crippen molar-refractivity contribution in [2.24, 2.45) is 0 Å². The Morgan fingerprint density at radius 2 is 1.81 bits per heavy atom. The van der Waals surface area contributed by atoms with Gasteiger partial charge in [0.2, 0.25) is 0 Å². The van der Waals surface area contributed by atoms with Crippen molar-refractivity contribution < 1.29 is 12.8 Å². The van der Waals surface area contributed by atoms with E-state index in [0.29, 0.717) is 5.56 Å². The third-order valence-electron chi connectivity index (χ3n) is 3.20. The number of nitrogens with zero attached hydrogens (tertiary/aromatic N) is 1. The highest BCUT2D eigenvalue weighted by Gasteiger charge is 2.28. The van der Waals surface area contributed by atoms with E-state index in [1.54, 1.807) is 32.0 Å². The minimum Gasteiger partial charge on any atom is -0.398 e. The van der Waals surface area contributed by atoms with E-state index < -0.39 is 15.8 Å². The molecule has 6 heteroatoms. The normalized spacial score (nSPS) is 11.4. The minimum atomic E-state index is -3.92. The standard InChI is InChI=1S/C15H17FN2O2S/c1-3-18(14-10-5-4-8-12(14)16)21(19,20)15-11(2)7-6-9-13(15)17/h4-10H,3,17H2,1-2H3. The number of hydrogen-bond donors (Lipinski definition) is 1. The van der Waals surface area contributed by atoms with Crippen LogP contribution in [0.3, 0.4) is 0 Å². The lowest BCUT2D eigenvalue weighted by atomic mass is 10.2. The smallest absolute Gasteiger partial charge is 0.266 e. The molecule has 0 aliphatic rings. The second kappa shape index (κ2) is 5.73. The summed E-state index contributed by atoms with van der Waals surface area (Å²) in [5.41, 5.74) is 6.52. The predicted molar refractivity (Wildman–Crippen MR) is 82.2 cm³/mol. The number of sulfonamides is 1. The van der Waals surface area contributed by atoms with Gasteiger partial charge in [-0.15, -0.1) is 0 Å². The monoisotopic (exact) mass is 308 g/mol. The molecule has 2 rings (SSSR count). The molecule has 0 amide bonds. The summed E-state index contributed by atoms with van der Waals surface area (Å²) >= 11 is 0. The van der Waals surface area contributed by atoms with Gasteiger partial charge in [-0.3, -0.25) is 4.31 Å². The van der Waals surface area contributed by atoms with Crippen LogP contribution in [0.15, 0.2) is 47.4 Å². The van der Waals surface area contributed by atoms with Crippen molar-refractivity contribution >= 4 is 21.4 Å². The molecule has 2 N–H and O–H groups in total. The molecule has 112 valence electrons. The van der Waals surface area contributed by atoms with Crippen LogP contribution in [0.2, 0.25) is 0 Å². The molecule has 0 heterocycles. The molecular weight excluding hydrogens is 291 g/mol.